The van der Waals surface area contributed by atoms with Crippen molar-refractivity contribution in [2.45, 2.75) is 92.8 Å². The maximum atomic E-state index is 6.05. The van der Waals surface area contributed by atoms with E-state index in [2.05, 4.69) is 53.7 Å². The van der Waals surface area contributed by atoms with Crippen molar-refractivity contribution in [3.05, 3.63) is 23.5 Å². The molecule has 2 fully saturated rings. The van der Waals surface area contributed by atoms with Gasteiger partial charge in [0.15, 0.2) is 6.29 Å². The molecule has 0 aromatic rings. The topological polar surface area (TPSA) is 27.7 Å². The summed E-state index contributed by atoms with van der Waals surface area (Å²) in [5, 5.41) is 0. The Balaban J connectivity index is 1.56. The molecule has 0 saturated heterocycles. The molecule has 0 unspecified atom stereocenters. The second kappa shape index (κ2) is 9.21. The summed E-state index contributed by atoms with van der Waals surface area (Å²) in [7, 11) is 0. The molecule has 0 amide bonds. The molecule has 0 heterocycles. The smallest absolute Gasteiger partial charge is 0.160 e. The van der Waals surface area contributed by atoms with E-state index in [9.17, 15) is 0 Å². The average molecular weight is 431 g/mol. The highest BCUT2D eigenvalue weighted by Crippen LogP contribution is 2.67. The fourth-order valence-corrected chi connectivity index (χ4v) is 8.37. The molecule has 0 bridgehead atoms. The van der Waals surface area contributed by atoms with Crippen molar-refractivity contribution in [2.24, 2.45) is 40.4 Å². The first-order valence-corrected chi connectivity index (χ1v) is 13.2. The van der Waals surface area contributed by atoms with Crippen molar-refractivity contribution in [3.63, 3.8) is 0 Å². The fourth-order valence-electron chi connectivity index (χ4n) is 8.37. The SMILES string of the molecule is CCOC1=CC2=CC[C@H]3[C@@H]4CC[C@H]([C@H](C)C(OCC)OCC)[C@@]4(C)CC[C@@H]3[C@@]2(C)CC1. The number of ether oxygens (including phenoxy) is 3. The predicted molar refractivity (Wildman–Crippen MR) is 126 cm³/mol. The fraction of sp³-hybridized carbons (Fsp3) is 0.857. The third-order valence-corrected chi connectivity index (χ3v) is 9.86. The third kappa shape index (κ3) is 3.92. The van der Waals surface area contributed by atoms with Crippen molar-refractivity contribution >= 4 is 0 Å². The van der Waals surface area contributed by atoms with Gasteiger partial charge in [0.05, 0.1) is 12.4 Å². The summed E-state index contributed by atoms with van der Waals surface area (Å²) < 4.78 is 18.0. The van der Waals surface area contributed by atoms with E-state index in [0.717, 1.165) is 44.0 Å². The van der Waals surface area contributed by atoms with Gasteiger partial charge in [-0.1, -0.05) is 26.8 Å². The van der Waals surface area contributed by atoms with Crippen LogP contribution >= 0.6 is 0 Å². The Morgan fingerprint density at radius 2 is 1.71 bits per heavy atom. The highest BCUT2D eigenvalue weighted by Gasteiger charge is 2.59. The van der Waals surface area contributed by atoms with E-state index in [1.54, 1.807) is 5.57 Å². The van der Waals surface area contributed by atoms with Gasteiger partial charge in [-0.3, -0.25) is 0 Å². The Hall–Kier alpha value is -0.800. The number of fused-ring (bicyclic) bond motifs is 5. The molecule has 4 aliphatic carbocycles. The van der Waals surface area contributed by atoms with E-state index in [-0.39, 0.29) is 6.29 Å². The van der Waals surface area contributed by atoms with Gasteiger partial charge >= 0.3 is 0 Å². The maximum absolute atomic E-state index is 6.05. The second-order valence-electron chi connectivity index (χ2n) is 11.1. The van der Waals surface area contributed by atoms with Crippen LogP contribution in [0.2, 0.25) is 0 Å². The summed E-state index contributed by atoms with van der Waals surface area (Å²) in [4.78, 5) is 0. The van der Waals surface area contributed by atoms with Crippen molar-refractivity contribution < 1.29 is 14.2 Å². The van der Waals surface area contributed by atoms with Gasteiger partial charge < -0.3 is 14.2 Å². The normalized spacial score (nSPS) is 40.5. The van der Waals surface area contributed by atoms with E-state index in [0.29, 0.717) is 22.7 Å². The van der Waals surface area contributed by atoms with Gasteiger partial charge in [-0.2, -0.15) is 0 Å². The quantitative estimate of drug-likeness (QED) is 0.383. The Bertz CT molecular complexity index is 690. The van der Waals surface area contributed by atoms with E-state index < -0.39 is 0 Å². The zero-order valence-electron chi connectivity index (χ0n) is 20.9. The Morgan fingerprint density at radius 1 is 0.968 bits per heavy atom. The first-order chi connectivity index (χ1) is 14.9. The highest BCUT2D eigenvalue weighted by atomic mass is 16.7. The average Bonchev–Trinajstić information content (AvgIpc) is 3.11. The van der Waals surface area contributed by atoms with Gasteiger partial charge in [0, 0.05) is 25.6 Å². The van der Waals surface area contributed by atoms with Crippen LogP contribution in [0.5, 0.6) is 0 Å². The monoisotopic (exact) mass is 430 g/mol. The van der Waals surface area contributed by atoms with Crippen LogP contribution in [-0.2, 0) is 14.2 Å². The molecule has 0 spiro atoms. The Morgan fingerprint density at radius 3 is 2.39 bits per heavy atom. The first-order valence-electron chi connectivity index (χ1n) is 13.2. The lowest BCUT2D eigenvalue weighted by Crippen LogP contribution is -2.50. The summed E-state index contributed by atoms with van der Waals surface area (Å²) in [6.07, 6.45) is 14.0. The molecule has 0 aromatic carbocycles. The van der Waals surface area contributed by atoms with Crippen LogP contribution in [0.4, 0.5) is 0 Å². The van der Waals surface area contributed by atoms with Gasteiger partial charge in [-0.25, -0.2) is 0 Å². The van der Waals surface area contributed by atoms with Crippen molar-refractivity contribution in [2.75, 3.05) is 19.8 Å². The number of hydrogen-bond donors (Lipinski definition) is 0. The van der Waals surface area contributed by atoms with Crippen molar-refractivity contribution in [1.29, 1.82) is 0 Å². The second-order valence-corrected chi connectivity index (χ2v) is 11.1. The molecule has 176 valence electrons. The highest BCUT2D eigenvalue weighted by molar-refractivity contribution is 5.35. The molecule has 2 saturated carbocycles. The molecular weight excluding hydrogens is 384 g/mol. The minimum Gasteiger partial charge on any atom is -0.498 e. The molecule has 3 nitrogen and oxygen atoms in total. The molecule has 4 rings (SSSR count). The minimum absolute atomic E-state index is 0.0517. The Labute approximate surface area is 191 Å². The minimum atomic E-state index is -0.0517. The summed E-state index contributed by atoms with van der Waals surface area (Å²) in [6, 6.07) is 0. The molecule has 4 aliphatic rings. The molecule has 0 aromatic heterocycles. The molecule has 3 heteroatoms. The van der Waals surface area contributed by atoms with Crippen LogP contribution < -0.4 is 0 Å². The third-order valence-electron chi connectivity index (χ3n) is 9.86. The van der Waals surface area contributed by atoms with Crippen LogP contribution in [0.15, 0.2) is 23.5 Å². The zero-order valence-corrected chi connectivity index (χ0v) is 20.9. The van der Waals surface area contributed by atoms with Crippen LogP contribution in [0.1, 0.15) is 86.5 Å². The molecular formula is C28H46O3. The lowest BCUT2D eigenvalue weighted by molar-refractivity contribution is -0.185. The first kappa shape index (κ1) is 23.4. The lowest BCUT2D eigenvalue weighted by Gasteiger charge is -2.57. The standard InChI is InChI=1S/C28H46O3/c1-7-29-21-14-16-27(5)20(18-21)10-11-22-24-13-12-23(28(24,6)17-15-25(22)27)19(4)26(30-8-2)31-9-3/h10,18-19,22-26H,7-9,11-17H2,1-6H3/t19-,22-,23+,24-,25-,27-,28+/m0/s1. The van der Waals surface area contributed by atoms with Gasteiger partial charge in [0.1, 0.15) is 0 Å². The summed E-state index contributed by atoms with van der Waals surface area (Å²) in [5.74, 6) is 4.88. The predicted octanol–water partition coefficient (Wildman–Crippen LogP) is 7.13. The van der Waals surface area contributed by atoms with Crippen LogP contribution in [0.25, 0.3) is 0 Å². The summed E-state index contributed by atoms with van der Waals surface area (Å²) in [6.45, 7) is 16.1. The summed E-state index contributed by atoms with van der Waals surface area (Å²) in [5.41, 5.74) is 2.34. The molecule has 0 aliphatic heterocycles. The van der Waals surface area contributed by atoms with Crippen LogP contribution in [-0.4, -0.2) is 26.1 Å². The van der Waals surface area contributed by atoms with Crippen LogP contribution in [0.3, 0.4) is 0 Å². The van der Waals surface area contributed by atoms with E-state index in [4.69, 9.17) is 14.2 Å². The number of rotatable bonds is 8. The van der Waals surface area contributed by atoms with E-state index in [1.165, 1.54) is 44.3 Å². The molecule has 0 N–H and O–H groups in total. The summed E-state index contributed by atoms with van der Waals surface area (Å²) >= 11 is 0. The van der Waals surface area contributed by atoms with Gasteiger partial charge in [0.2, 0.25) is 0 Å². The van der Waals surface area contributed by atoms with E-state index in [1.807, 2.05) is 0 Å². The van der Waals surface area contributed by atoms with Gasteiger partial charge in [0.25, 0.3) is 0 Å². The van der Waals surface area contributed by atoms with Crippen molar-refractivity contribution in [3.8, 4) is 0 Å². The van der Waals surface area contributed by atoms with Gasteiger partial charge in [-0.05, 0) is 105 Å². The molecule has 0 radical (unpaired) electrons. The number of hydrogen-bond acceptors (Lipinski definition) is 3. The van der Waals surface area contributed by atoms with Gasteiger partial charge in [-0.15, -0.1) is 0 Å². The molecule has 7 atom stereocenters. The lowest BCUT2D eigenvalue weighted by atomic mass is 9.47. The van der Waals surface area contributed by atoms with Crippen molar-refractivity contribution in [1.82, 2.24) is 0 Å². The zero-order chi connectivity index (χ0) is 22.2. The van der Waals surface area contributed by atoms with E-state index >= 15 is 0 Å². The molecule has 31 heavy (non-hydrogen) atoms. The largest absolute Gasteiger partial charge is 0.498 e. The number of allylic oxidation sites excluding steroid dienone is 4. The van der Waals surface area contributed by atoms with Crippen LogP contribution in [0, 0.1) is 40.4 Å². The maximum Gasteiger partial charge on any atom is 0.160 e. The Kier molecular flexibility index (Phi) is 6.94.